The molecule has 1 atom stereocenters. The molecule has 178 valence electrons. The minimum absolute atomic E-state index is 0.150. The fraction of sp³-hybridized carbons (Fsp3) is 0.375. The normalized spacial score (nSPS) is 16.2. The standard InChI is InChI=1S/C24H25N9OS/c1-13(14-5-4-8-29-19(14)27)32(2)21-16(10-26)22(31-23(30-21)34-3)33-11-24(12-33)7-6-17-18(24)15(9-25)20(28)35-17/h4-5,8,13H,6-7,11-12,28H2,1-3H3,(H2,27,29). The van der Waals surface area contributed by atoms with Crippen molar-refractivity contribution in [1.29, 1.82) is 10.5 Å². The lowest BCUT2D eigenvalue weighted by molar-refractivity contribution is 0.323. The van der Waals surface area contributed by atoms with Crippen molar-refractivity contribution in [1.82, 2.24) is 15.0 Å². The molecule has 0 bridgehead atoms. The summed E-state index contributed by atoms with van der Waals surface area (Å²) in [7, 11) is 3.36. The van der Waals surface area contributed by atoms with Crippen LogP contribution in [0.4, 0.5) is 22.5 Å². The van der Waals surface area contributed by atoms with E-state index < -0.39 is 0 Å². The number of nitriles is 2. The summed E-state index contributed by atoms with van der Waals surface area (Å²) in [6.45, 7) is 3.27. The lowest BCUT2D eigenvalue weighted by atomic mass is 9.74. The molecule has 35 heavy (non-hydrogen) atoms. The molecule has 1 saturated heterocycles. The molecular formula is C24H25N9OS. The Labute approximate surface area is 207 Å². The molecule has 11 heteroatoms. The lowest BCUT2D eigenvalue weighted by Gasteiger charge is -2.49. The minimum Gasteiger partial charge on any atom is -0.467 e. The van der Waals surface area contributed by atoms with Crippen molar-refractivity contribution in [3.05, 3.63) is 45.5 Å². The van der Waals surface area contributed by atoms with Crippen LogP contribution in [0.25, 0.3) is 0 Å². The summed E-state index contributed by atoms with van der Waals surface area (Å²) < 4.78 is 5.41. The van der Waals surface area contributed by atoms with E-state index >= 15 is 0 Å². The molecule has 3 aromatic rings. The van der Waals surface area contributed by atoms with Crippen molar-refractivity contribution < 1.29 is 4.74 Å². The molecule has 0 aromatic carbocycles. The predicted molar refractivity (Wildman–Crippen MR) is 134 cm³/mol. The lowest BCUT2D eigenvalue weighted by Crippen LogP contribution is -2.59. The Balaban J connectivity index is 1.51. The number of pyridine rings is 1. The van der Waals surface area contributed by atoms with Crippen LogP contribution in [0.5, 0.6) is 6.01 Å². The van der Waals surface area contributed by atoms with Gasteiger partial charge in [0.25, 0.3) is 0 Å². The highest BCUT2D eigenvalue weighted by molar-refractivity contribution is 7.16. The first-order chi connectivity index (χ1) is 16.8. The summed E-state index contributed by atoms with van der Waals surface area (Å²) in [5.74, 6) is 1.40. The van der Waals surface area contributed by atoms with Crippen LogP contribution in [-0.4, -0.2) is 42.2 Å². The van der Waals surface area contributed by atoms with E-state index in [-0.39, 0.29) is 17.5 Å². The van der Waals surface area contributed by atoms with E-state index in [9.17, 15) is 10.5 Å². The van der Waals surface area contributed by atoms with E-state index in [1.165, 1.54) is 23.3 Å². The molecule has 2 aliphatic rings. The van der Waals surface area contributed by atoms with Gasteiger partial charge in [0.15, 0.2) is 11.6 Å². The van der Waals surface area contributed by atoms with Crippen LogP contribution >= 0.6 is 11.3 Å². The van der Waals surface area contributed by atoms with Crippen LogP contribution in [0, 0.1) is 22.7 Å². The average molecular weight is 488 g/mol. The van der Waals surface area contributed by atoms with Gasteiger partial charge in [0, 0.05) is 42.2 Å². The molecule has 0 radical (unpaired) electrons. The Bertz CT molecular complexity index is 1400. The van der Waals surface area contributed by atoms with E-state index in [0.717, 1.165) is 24.0 Å². The van der Waals surface area contributed by atoms with Crippen molar-refractivity contribution in [2.75, 3.05) is 48.5 Å². The van der Waals surface area contributed by atoms with Gasteiger partial charge >= 0.3 is 6.01 Å². The van der Waals surface area contributed by atoms with Crippen molar-refractivity contribution in [3.8, 4) is 18.1 Å². The van der Waals surface area contributed by atoms with Gasteiger partial charge in [0.05, 0.1) is 18.7 Å². The zero-order chi connectivity index (χ0) is 24.9. The number of thiophene rings is 1. The highest BCUT2D eigenvalue weighted by Gasteiger charge is 2.52. The first kappa shape index (κ1) is 22.7. The van der Waals surface area contributed by atoms with E-state index in [0.29, 0.717) is 46.7 Å². The summed E-state index contributed by atoms with van der Waals surface area (Å²) in [6.07, 6.45) is 3.51. The van der Waals surface area contributed by atoms with Crippen molar-refractivity contribution in [2.24, 2.45) is 0 Å². The van der Waals surface area contributed by atoms with Crippen LogP contribution in [0.3, 0.4) is 0 Å². The molecule has 1 fully saturated rings. The first-order valence-corrected chi connectivity index (χ1v) is 12.0. The molecule has 5 rings (SSSR count). The Hall–Kier alpha value is -4.09. The maximum absolute atomic E-state index is 10.2. The van der Waals surface area contributed by atoms with Crippen LogP contribution in [-0.2, 0) is 11.8 Å². The van der Waals surface area contributed by atoms with Gasteiger partial charge < -0.3 is 26.0 Å². The summed E-state index contributed by atoms with van der Waals surface area (Å²) in [5.41, 5.74) is 14.9. The number of anilines is 4. The molecule has 1 aliphatic heterocycles. The fourth-order valence-electron chi connectivity index (χ4n) is 5.24. The fourth-order valence-corrected chi connectivity index (χ4v) is 6.38. The number of fused-ring (bicyclic) bond motifs is 2. The third-order valence-electron chi connectivity index (χ3n) is 7.15. The largest absolute Gasteiger partial charge is 0.467 e. The summed E-state index contributed by atoms with van der Waals surface area (Å²) in [4.78, 5) is 18.4. The second-order valence-electron chi connectivity index (χ2n) is 9.00. The Morgan fingerprint density at radius 1 is 1.23 bits per heavy atom. The van der Waals surface area contributed by atoms with Crippen LogP contribution in [0.15, 0.2) is 18.3 Å². The van der Waals surface area contributed by atoms with Crippen LogP contribution < -0.4 is 26.0 Å². The van der Waals surface area contributed by atoms with Gasteiger partial charge in [0.2, 0.25) is 0 Å². The third-order valence-corrected chi connectivity index (χ3v) is 8.23. The van der Waals surface area contributed by atoms with Crippen molar-refractivity contribution >= 4 is 33.8 Å². The number of nitrogens with two attached hydrogens (primary N) is 2. The van der Waals surface area contributed by atoms with Crippen molar-refractivity contribution in [3.63, 3.8) is 0 Å². The second kappa shape index (κ2) is 8.29. The van der Waals surface area contributed by atoms with Crippen LogP contribution in [0.2, 0.25) is 0 Å². The predicted octanol–water partition coefficient (Wildman–Crippen LogP) is 2.75. The van der Waals surface area contributed by atoms with Gasteiger partial charge in [-0.15, -0.1) is 11.3 Å². The van der Waals surface area contributed by atoms with Gasteiger partial charge in [-0.3, -0.25) is 0 Å². The molecule has 10 nitrogen and oxygen atoms in total. The molecule has 4 N–H and O–H groups in total. The van der Waals surface area contributed by atoms with Gasteiger partial charge in [-0.25, -0.2) is 4.98 Å². The third kappa shape index (κ3) is 3.39. The zero-order valence-electron chi connectivity index (χ0n) is 19.7. The number of nitrogen functional groups attached to an aromatic ring is 2. The average Bonchev–Trinajstić information content (AvgIpc) is 3.36. The number of aromatic nitrogens is 3. The Kier molecular flexibility index (Phi) is 5.37. The molecule has 3 aromatic heterocycles. The number of nitrogens with zero attached hydrogens (tertiary/aromatic N) is 7. The van der Waals surface area contributed by atoms with E-state index in [1.807, 2.05) is 31.0 Å². The number of ether oxygens (including phenoxy) is 1. The second-order valence-corrected chi connectivity index (χ2v) is 10.1. The van der Waals surface area contributed by atoms with E-state index in [4.69, 9.17) is 16.2 Å². The van der Waals surface area contributed by atoms with Crippen molar-refractivity contribution in [2.45, 2.75) is 31.2 Å². The SMILES string of the molecule is COc1nc(N2CC3(CCc4sc(N)c(C#N)c43)C2)c(C#N)c(N(C)C(C)c2cccnc2N)n1. The highest BCUT2D eigenvalue weighted by atomic mass is 32.1. The quantitative estimate of drug-likeness (QED) is 0.549. The van der Waals surface area contributed by atoms with E-state index in [1.54, 1.807) is 6.20 Å². The zero-order valence-corrected chi connectivity index (χ0v) is 20.6. The summed E-state index contributed by atoms with van der Waals surface area (Å²) >= 11 is 1.52. The number of methoxy groups -OCH3 is 1. The van der Waals surface area contributed by atoms with Gasteiger partial charge in [-0.1, -0.05) is 6.07 Å². The number of aryl methyl sites for hydroxylation is 1. The Morgan fingerprint density at radius 2 is 1.97 bits per heavy atom. The number of rotatable bonds is 5. The van der Waals surface area contributed by atoms with Crippen LogP contribution in [0.1, 0.15) is 46.5 Å². The maximum Gasteiger partial charge on any atom is 0.320 e. The molecule has 1 spiro atoms. The molecule has 0 amide bonds. The molecular weight excluding hydrogens is 462 g/mol. The highest BCUT2D eigenvalue weighted by Crippen LogP contribution is 2.53. The molecule has 1 unspecified atom stereocenters. The topological polar surface area (TPSA) is 154 Å². The minimum atomic E-state index is -0.199. The Morgan fingerprint density at radius 3 is 2.63 bits per heavy atom. The summed E-state index contributed by atoms with van der Waals surface area (Å²) in [5, 5.41) is 20.4. The molecule has 0 saturated carbocycles. The van der Waals surface area contributed by atoms with Gasteiger partial charge in [-0.2, -0.15) is 20.5 Å². The summed E-state index contributed by atoms with van der Waals surface area (Å²) in [6, 6.07) is 8.32. The van der Waals surface area contributed by atoms with E-state index in [2.05, 4.69) is 32.0 Å². The van der Waals surface area contributed by atoms with Gasteiger partial charge in [0.1, 0.15) is 28.5 Å². The maximum atomic E-state index is 10.2. The first-order valence-electron chi connectivity index (χ1n) is 11.2. The number of hydrogen-bond donors (Lipinski definition) is 2. The number of hydrogen-bond acceptors (Lipinski definition) is 11. The van der Waals surface area contributed by atoms with Gasteiger partial charge in [-0.05, 0) is 31.4 Å². The molecule has 4 heterocycles. The monoisotopic (exact) mass is 487 g/mol. The smallest absolute Gasteiger partial charge is 0.320 e. The molecule has 1 aliphatic carbocycles.